The standard InChI is InChI=1S/C29H29N9/c1-21(17-23(18-30)19-32-2)37-15-13-36(14-16-37)20-22-7-9-24(10-8-22)38-28(25-5-3-11-33-27(25)31)35-26-6-4-12-34-29(26)38/h3-12,17,19H,1,13-16,20H2,2H3,(H2,31,33)/b23-17-,32-19-. The van der Waals surface area contributed by atoms with E-state index in [2.05, 4.69) is 61.7 Å². The number of nitrogens with zero attached hydrogens (tertiary/aromatic N) is 8. The molecule has 0 aliphatic carbocycles. The van der Waals surface area contributed by atoms with Crippen molar-refractivity contribution in [2.75, 3.05) is 39.0 Å². The SMILES string of the molecule is C=C(/C=C(C#N)\C=N/C)N1CCN(Cc2ccc(-n3c(-c4cccnc4N)nc4cccnc43)cc2)CC1. The summed E-state index contributed by atoms with van der Waals surface area (Å²) < 4.78 is 2.03. The molecular weight excluding hydrogens is 474 g/mol. The van der Waals surface area contributed by atoms with Crippen molar-refractivity contribution in [2.24, 2.45) is 4.99 Å². The Morgan fingerprint density at radius 1 is 1.08 bits per heavy atom. The Bertz CT molecular complexity index is 1550. The summed E-state index contributed by atoms with van der Waals surface area (Å²) in [5, 5.41) is 9.23. The minimum Gasteiger partial charge on any atom is -0.383 e. The molecule has 9 heteroatoms. The third kappa shape index (κ3) is 5.16. The summed E-state index contributed by atoms with van der Waals surface area (Å²) >= 11 is 0. The lowest BCUT2D eigenvalue weighted by Crippen LogP contribution is -2.44. The predicted molar refractivity (Wildman–Crippen MR) is 151 cm³/mol. The quantitative estimate of drug-likeness (QED) is 0.232. The van der Waals surface area contributed by atoms with Gasteiger partial charge in [-0.2, -0.15) is 5.26 Å². The number of anilines is 1. The van der Waals surface area contributed by atoms with Gasteiger partial charge in [0.1, 0.15) is 17.4 Å². The van der Waals surface area contributed by atoms with E-state index < -0.39 is 0 Å². The van der Waals surface area contributed by atoms with E-state index in [1.54, 1.807) is 31.7 Å². The van der Waals surface area contributed by atoms with E-state index in [9.17, 15) is 5.26 Å². The molecule has 0 spiro atoms. The Hall–Kier alpha value is -4.81. The van der Waals surface area contributed by atoms with Gasteiger partial charge >= 0.3 is 0 Å². The highest BCUT2D eigenvalue weighted by Crippen LogP contribution is 2.30. The molecule has 0 bridgehead atoms. The molecule has 0 radical (unpaired) electrons. The van der Waals surface area contributed by atoms with Gasteiger partial charge in [0.15, 0.2) is 11.5 Å². The molecule has 1 saturated heterocycles. The van der Waals surface area contributed by atoms with E-state index in [1.807, 2.05) is 28.8 Å². The molecule has 5 rings (SSSR count). The summed E-state index contributed by atoms with van der Waals surface area (Å²) in [6.45, 7) is 8.55. The zero-order valence-corrected chi connectivity index (χ0v) is 21.3. The summed E-state index contributed by atoms with van der Waals surface area (Å²) in [5.74, 6) is 1.15. The number of imidazole rings is 1. The number of pyridine rings is 2. The van der Waals surface area contributed by atoms with Crippen LogP contribution in [-0.4, -0.2) is 68.8 Å². The number of aliphatic imine (C=N–C) groups is 1. The maximum absolute atomic E-state index is 9.23. The third-order valence-electron chi connectivity index (χ3n) is 6.59. The lowest BCUT2D eigenvalue weighted by atomic mass is 10.1. The maximum atomic E-state index is 9.23. The average Bonchev–Trinajstić information content (AvgIpc) is 3.33. The first-order chi connectivity index (χ1) is 18.6. The van der Waals surface area contributed by atoms with Gasteiger partial charge in [-0.1, -0.05) is 18.7 Å². The number of nitriles is 1. The fourth-order valence-electron chi connectivity index (χ4n) is 4.65. The van der Waals surface area contributed by atoms with Crippen molar-refractivity contribution in [2.45, 2.75) is 6.54 Å². The number of benzene rings is 1. The van der Waals surface area contributed by atoms with Crippen molar-refractivity contribution in [3.63, 3.8) is 0 Å². The highest BCUT2D eigenvalue weighted by molar-refractivity contribution is 5.84. The van der Waals surface area contributed by atoms with E-state index in [0.29, 0.717) is 17.2 Å². The zero-order chi connectivity index (χ0) is 26.5. The normalized spacial score (nSPS) is 14.7. The second kappa shape index (κ2) is 11.1. The molecule has 3 aromatic heterocycles. The Balaban J connectivity index is 1.31. The number of allylic oxidation sites excluding steroid dienone is 2. The van der Waals surface area contributed by atoms with E-state index in [1.165, 1.54) is 5.56 Å². The first-order valence-electron chi connectivity index (χ1n) is 12.4. The van der Waals surface area contributed by atoms with Crippen molar-refractivity contribution in [3.05, 3.63) is 90.4 Å². The van der Waals surface area contributed by atoms with Gasteiger partial charge in [-0.25, -0.2) is 15.0 Å². The lowest BCUT2D eigenvalue weighted by Gasteiger charge is -2.36. The van der Waals surface area contributed by atoms with Gasteiger partial charge in [-0.05, 0) is 48.0 Å². The number of nitrogens with two attached hydrogens (primary N) is 1. The largest absolute Gasteiger partial charge is 0.383 e. The van der Waals surface area contributed by atoms with Crippen LogP contribution in [0.4, 0.5) is 5.82 Å². The van der Waals surface area contributed by atoms with Crippen molar-refractivity contribution < 1.29 is 0 Å². The monoisotopic (exact) mass is 503 g/mol. The molecule has 0 saturated carbocycles. The lowest BCUT2D eigenvalue weighted by molar-refractivity contribution is 0.156. The molecule has 0 unspecified atom stereocenters. The Labute approximate surface area is 221 Å². The number of fused-ring (bicyclic) bond motifs is 1. The van der Waals surface area contributed by atoms with Crippen LogP contribution >= 0.6 is 0 Å². The topological polar surface area (TPSA) is 112 Å². The number of nitrogen functional groups attached to an aromatic ring is 1. The van der Waals surface area contributed by atoms with E-state index in [0.717, 1.165) is 60.8 Å². The van der Waals surface area contributed by atoms with Crippen molar-refractivity contribution in [3.8, 4) is 23.1 Å². The Kier molecular flexibility index (Phi) is 7.24. The molecule has 2 N–H and O–H groups in total. The number of hydrogen-bond acceptors (Lipinski definition) is 8. The van der Waals surface area contributed by atoms with Crippen LogP contribution in [0.15, 0.2) is 89.8 Å². The molecule has 4 heterocycles. The summed E-state index contributed by atoms with van der Waals surface area (Å²) in [6.07, 6.45) is 6.80. The number of aromatic nitrogens is 4. The van der Waals surface area contributed by atoms with Gasteiger partial charge in [0, 0.05) is 69.8 Å². The second-order valence-corrected chi connectivity index (χ2v) is 9.07. The van der Waals surface area contributed by atoms with Crippen molar-refractivity contribution >= 4 is 23.2 Å². The van der Waals surface area contributed by atoms with Gasteiger partial charge in [0.05, 0.1) is 11.1 Å². The third-order valence-corrected chi connectivity index (χ3v) is 6.59. The van der Waals surface area contributed by atoms with Crippen LogP contribution in [0.5, 0.6) is 0 Å². The van der Waals surface area contributed by atoms with Crippen LogP contribution < -0.4 is 5.73 Å². The Morgan fingerprint density at radius 3 is 2.53 bits per heavy atom. The molecule has 0 atom stereocenters. The maximum Gasteiger partial charge on any atom is 0.164 e. The fraction of sp³-hybridized carbons (Fsp3) is 0.207. The molecular formula is C29H29N9. The molecule has 190 valence electrons. The van der Waals surface area contributed by atoms with E-state index in [4.69, 9.17) is 10.7 Å². The number of piperazine rings is 1. The molecule has 1 aromatic carbocycles. The highest BCUT2D eigenvalue weighted by Gasteiger charge is 2.19. The van der Waals surface area contributed by atoms with Gasteiger partial charge in [0.2, 0.25) is 0 Å². The van der Waals surface area contributed by atoms with E-state index in [-0.39, 0.29) is 0 Å². The molecule has 1 aliphatic heterocycles. The van der Waals surface area contributed by atoms with Crippen LogP contribution in [-0.2, 0) is 6.54 Å². The molecule has 9 nitrogen and oxygen atoms in total. The minimum atomic E-state index is 0.431. The highest BCUT2D eigenvalue weighted by atomic mass is 15.3. The smallest absolute Gasteiger partial charge is 0.164 e. The average molecular weight is 504 g/mol. The molecule has 4 aromatic rings. The fourth-order valence-corrected chi connectivity index (χ4v) is 4.65. The van der Waals surface area contributed by atoms with Crippen molar-refractivity contribution in [1.82, 2.24) is 29.3 Å². The van der Waals surface area contributed by atoms with Crippen LogP contribution in [0.1, 0.15) is 5.56 Å². The number of rotatable bonds is 7. The van der Waals surface area contributed by atoms with Gasteiger partial charge in [-0.15, -0.1) is 0 Å². The van der Waals surface area contributed by atoms with Crippen LogP contribution in [0, 0.1) is 11.3 Å². The van der Waals surface area contributed by atoms with Gasteiger partial charge in [-0.3, -0.25) is 14.5 Å². The van der Waals surface area contributed by atoms with Crippen LogP contribution in [0.2, 0.25) is 0 Å². The number of hydrogen-bond donors (Lipinski definition) is 1. The molecule has 38 heavy (non-hydrogen) atoms. The Morgan fingerprint density at radius 2 is 1.82 bits per heavy atom. The van der Waals surface area contributed by atoms with E-state index >= 15 is 0 Å². The first kappa shape index (κ1) is 24.9. The summed E-state index contributed by atoms with van der Waals surface area (Å²) in [4.78, 5) is 22.2. The molecule has 1 fully saturated rings. The van der Waals surface area contributed by atoms with Crippen LogP contribution in [0.3, 0.4) is 0 Å². The summed E-state index contributed by atoms with van der Waals surface area (Å²) in [7, 11) is 1.66. The van der Waals surface area contributed by atoms with Gasteiger partial charge in [0.25, 0.3) is 0 Å². The molecule has 1 aliphatic rings. The first-order valence-corrected chi connectivity index (χ1v) is 12.4. The second-order valence-electron chi connectivity index (χ2n) is 9.07. The summed E-state index contributed by atoms with van der Waals surface area (Å²) in [6, 6.07) is 18.3. The summed E-state index contributed by atoms with van der Waals surface area (Å²) in [5.41, 5.74) is 12.1. The minimum absolute atomic E-state index is 0.431. The molecule has 0 amide bonds. The van der Waals surface area contributed by atoms with Crippen molar-refractivity contribution in [1.29, 1.82) is 5.26 Å². The van der Waals surface area contributed by atoms with Crippen LogP contribution in [0.25, 0.3) is 28.2 Å². The zero-order valence-electron chi connectivity index (χ0n) is 21.3. The predicted octanol–water partition coefficient (Wildman–Crippen LogP) is 3.85. The van der Waals surface area contributed by atoms with Gasteiger partial charge < -0.3 is 10.6 Å².